The first-order valence-electron chi connectivity index (χ1n) is 9.62. The van der Waals surface area contributed by atoms with Crippen molar-refractivity contribution in [2.24, 2.45) is 12.0 Å². The molecule has 2 aromatic rings. The van der Waals surface area contributed by atoms with Gasteiger partial charge in [-0.2, -0.15) is 5.10 Å². The molecule has 0 spiro atoms. The summed E-state index contributed by atoms with van der Waals surface area (Å²) in [5, 5.41) is 7.62. The Bertz CT molecular complexity index is 858. The molecule has 1 aromatic carbocycles. The van der Waals surface area contributed by atoms with E-state index >= 15 is 0 Å². The molecule has 0 radical (unpaired) electrons. The van der Waals surface area contributed by atoms with Crippen LogP contribution in [0.25, 0.3) is 0 Å². The minimum atomic E-state index is -0.0504. The zero-order valence-electron chi connectivity index (χ0n) is 17.8. The zero-order valence-corrected chi connectivity index (χ0v) is 20.2. The second kappa shape index (κ2) is 9.60. The Morgan fingerprint density at radius 1 is 1.24 bits per heavy atom. The number of benzene rings is 1. The number of halogens is 1. The molecule has 3 rings (SSSR count). The highest BCUT2D eigenvalue weighted by Crippen LogP contribution is 2.23. The van der Waals surface area contributed by atoms with E-state index in [1.54, 1.807) is 22.8 Å². The molecule has 0 saturated carbocycles. The number of amides is 1. The summed E-state index contributed by atoms with van der Waals surface area (Å²) in [5.74, 6) is 0.819. The van der Waals surface area contributed by atoms with Crippen molar-refractivity contribution in [1.29, 1.82) is 0 Å². The highest BCUT2D eigenvalue weighted by atomic mass is 127. The van der Waals surface area contributed by atoms with E-state index in [0.29, 0.717) is 13.1 Å². The maximum atomic E-state index is 12.7. The molecular formula is C21H31IN6O. The fourth-order valence-electron chi connectivity index (χ4n) is 3.41. The van der Waals surface area contributed by atoms with Gasteiger partial charge in [0.2, 0.25) is 5.91 Å². The molecule has 0 atom stereocenters. The zero-order chi connectivity index (χ0) is 20.3. The molecule has 0 unspecified atom stereocenters. The highest BCUT2D eigenvalue weighted by molar-refractivity contribution is 14.0. The number of hydrogen-bond donors (Lipinski definition) is 1. The third kappa shape index (κ3) is 5.49. The van der Waals surface area contributed by atoms with Crippen molar-refractivity contribution in [1.82, 2.24) is 20.0 Å². The molecule has 158 valence electrons. The Hall–Kier alpha value is -2.10. The topological polar surface area (TPSA) is 65.8 Å². The van der Waals surface area contributed by atoms with E-state index in [0.717, 1.165) is 24.7 Å². The first kappa shape index (κ1) is 23.2. The molecule has 1 aliphatic heterocycles. The van der Waals surface area contributed by atoms with E-state index in [4.69, 9.17) is 0 Å². The van der Waals surface area contributed by atoms with Crippen LogP contribution in [0.3, 0.4) is 0 Å². The predicted molar refractivity (Wildman–Crippen MR) is 128 cm³/mol. The van der Waals surface area contributed by atoms with Crippen molar-refractivity contribution >= 4 is 41.5 Å². The molecule has 1 fully saturated rings. The SMILES string of the molecule is CN=C(NCC(C)(C)c1ccc(C)cc1)N1CCN(c2cnn(C)c2)C(=O)C1.I. The maximum Gasteiger partial charge on any atom is 0.246 e. The smallest absolute Gasteiger partial charge is 0.246 e. The van der Waals surface area contributed by atoms with Crippen LogP contribution < -0.4 is 10.2 Å². The lowest BCUT2D eigenvalue weighted by atomic mass is 9.84. The highest BCUT2D eigenvalue weighted by Gasteiger charge is 2.29. The van der Waals surface area contributed by atoms with Crippen LogP contribution in [0.5, 0.6) is 0 Å². The van der Waals surface area contributed by atoms with E-state index in [-0.39, 0.29) is 35.3 Å². The number of aromatic nitrogens is 2. The number of carbonyl (C=O) groups excluding carboxylic acids is 1. The number of guanidine groups is 1. The molecule has 1 aromatic heterocycles. The van der Waals surface area contributed by atoms with Crippen molar-refractivity contribution in [3.05, 3.63) is 47.8 Å². The van der Waals surface area contributed by atoms with Crippen LogP contribution in [-0.4, -0.2) is 59.8 Å². The summed E-state index contributed by atoms with van der Waals surface area (Å²) in [6.45, 7) is 8.91. The Kier molecular flexibility index (Phi) is 7.67. The second-order valence-electron chi connectivity index (χ2n) is 7.99. The third-order valence-corrected chi connectivity index (χ3v) is 5.26. The van der Waals surface area contributed by atoms with Crippen molar-refractivity contribution < 1.29 is 4.79 Å². The number of piperazine rings is 1. The molecule has 29 heavy (non-hydrogen) atoms. The van der Waals surface area contributed by atoms with E-state index in [9.17, 15) is 4.79 Å². The molecule has 1 N–H and O–H groups in total. The fraction of sp³-hybridized carbons (Fsp3) is 0.476. The van der Waals surface area contributed by atoms with Gasteiger partial charge >= 0.3 is 0 Å². The lowest BCUT2D eigenvalue weighted by molar-refractivity contribution is -0.120. The van der Waals surface area contributed by atoms with Gasteiger partial charge in [-0.25, -0.2) is 0 Å². The fourth-order valence-corrected chi connectivity index (χ4v) is 3.41. The van der Waals surface area contributed by atoms with Gasteiger partial charge in [-0.15, -0.1) is 24.0 Å². The lowest BCUT2D eigenvalue weighted by Gasteiger charge is -2.36. The molecule has 7 nitrogen and oxygen atoms in total. The van der Waals surface area contributed by atoms with Crippen LogP contribution >= 0.6 is 24.0 Å². The van der Waals surface area contributed by atoms with Gasteiger partial charge in [0.25, 0.3) is 0 Å². The summed E-state index contributed by atoms with van der Waals surface area (Å²) in [6, 6.07) is 8.64. The number of anilines is 1. The minimum Gasteiger partial charge on any atom is -0.355 e. The minimum absolute atomic E-state index is 0. The largest absolute Gasteiger partial charge is 0.355 e. The summed E-state index contributed by atoms with van der Waals surface area (Å²) >= 11 is 0. The van der Waals surface area contributed by atoms with Crippen molar-refractivity contribution in [3.8, 4) is 0 Å². The Labute approximate surface area is 190 Å². The Balaban J connectivity index is 0.00000300. The van der Waals surface area contributed by atoms with Crippen LogP contribution in [0, 0.1) is 6.92 Å². The maximum absolute atomic E-state index is 12.7. The molecule has 1 aliphatic rings. The monoisotopic (exact) mass is 510 g/mol. The van der Waals surface area contributed by atoms with Gasteiger partial charge in [0, 0.05) is 45.3 Å². The van der Waals surface area contributed by atoms with Crippen molar-refractivity contribution in [2.45, 2.75) is 26.2 Å². The number of hydrogen-bond acceptors (Lipinski definition) is 3. The van der Waals surface area contributed by atoms with E-state index in [1.165, 1.54) is 11.1 Å². The van der Waals surface area contributed by atoms with Crippen LogP contribution in [0.1, 0.15) is 25.0 Å². The van der Waals surface area contributed by atoms with Crippen LogP contribution in [0.15, 0.2) is 41.7 Å². The van der Waals surface area contributed by atoms with Gasteiger partial charge in [0.15, 0.2) is 5.96 Å². The summed E-state index contributed by atoms with van der Waals surface area (Å²) < 4.78 is 1.71. The first-order valence-corrected chi connectivity index (χ1v) is 9.62. The second-order valence-corrected chi connectivity index (χ2v) is 7.99. The number of aliphatic imine (C=N–C) groups is 1. The standard InChI is InChI=1S/C21H30N6O.HI/c1-16-6-8-17(9-7-16)21(2,3)15-23-20(22-4)26-10-11-27(19(28)14-26)18-12-24-25(5)13-18;/h6-9,12-13H,10-11,14-15H2,1-5H3,(H,22,23);1H. The Morgan fingerprint density at radius 2 is 1.93 bits per heavy atom. The van der Waals surface area contributed by atoms with Gasteiger partial charge in [-0.1, -0.05) is 43.7 Å². The average molecular weight is 510 g/mol. The van der Waals surface area contributed by atoms with Gasteiger partial charge in [0.1, 0.15) is 6.54 Å². The lowest BCUT2D eigenvalue weighted by Crippen LogP contribution is -2.56. The van der Waals surface area contributed by atoms with Gasteiger partial charge < -0.3 is 15.1 Å². The van der Waals surface area contributed by atoms with E-state index in [2.05, 4.69) is 60.4 Å². The molecule has 2 heterocycles. The van der Waals surface area contributed by atoms with Crippen LogP contribution in [0.2, 0.25) is 0 Å². The number of aryl methyl sites for hydroxylation is 2. The van der Waals surface area contributed by atoms with Crippen molar-refractivity contribution in [3.63, 3.8) is 0 Å². The number of rotatable bonds is 4. The molecular weight excluding hydrogens is 479 g/mol. The van der Waals surface area contributed by atoms with Gasteiger partial charge in [0.05, 0.1) is 11.9 Å². The van der Waals surface area contributed by atoms with Crippen LogP contribution in [-0.2, 0) is 17.3 Å². The van der Waals surface area contributed by atoms with Crippen molar-refractivity contribution in [2.75, 3.05) is 38.1 Å². The quantitative estimate of drug-likeness (QED) is 0.390. The van der Waals surface area contributed by atoms with E-state index < -0.39 is 0 Å². The summed E-state index contributed by atoms with van der Waals surface area (Å²) in [6.07, 6.45) is 3.59. The number of nitrogens with one attached hydrogen (secondary N) is 1. The summed E-state index contributed by atoms with van der Waals surface area (Å²) in [5.41, 5.74) is 3.33. The normalized spacial score (nSPS) is 15.3. The van der Waals surface area contributed by atoms with Gasteiger partial charge in [-0.3, -0.25) is 14.5 Å². The van der Waals surface area contributed by atoms with Gasteiger partial charge in [-0.05, 0) is 12.5 Å². The molecule has 8 heteroatoms. The molecule has 0 bridgehead atoms. The Morgan fingerprint density at radius 3 is 2.48 bits per heavy atom. The molecule has 1 amide bonds. The number of carbonyl (C=O) groups is 1. The third-order valence-electron chi connectivity index (χ3n) is 5.26. The summed E-state index contributed by atoms with van der Waals surface area (Å²) in [7, 11) is 3.62. The van der Waals surface area contributed by atoms with Crippen LogP contribution in [0.4, 0.5) is 5.69 Å². The number of nitrogens with zero attached hydrogens (tertiary/aromatic N) is 5. The molecule has 1 saturated heterocycles. The predicted octanol–water partition coefficient (Wildman–Crippen LogP) is 2.55. The summed E-state index contributed by atoms with van der Waals surface area (Å²) in [4.78, 5) is 20.9. The average Bonchev–Trinajstić information content (AvgIpc) is 3.08. The molecule has 0 aliphatic carbocycles. The van der Waals surface area contributed by atoms with E-state index in [1.807, 2.05) is 18.1 Å². The first-order chi connectivity index (χ1) is 13.3.